The average molecular weight is 207 g/mol. The Kier molecular flexibility index (Phi) is 3.47. The van der Waals surface area contributed by atoms with E-state index in [1.807, 2.05) is 0 Å². The molecule has 5 heteroatoms. The molecule has 0 radical (unpaired) electrons. The fourth-order valence-corrected chi connectivity index (χ4v) is 1.24. The van der Waals surface area contributed by atoms with Gasteiger partial charge in [0.05, 0.1) is 19.3 Å². The quantitative estimate of drug-likeness (QED) is 0.555. The zero-order valence-electron chi connectivity index (χ0n) is 8.73. The normalized spacial score (nSPS) is 11.9. The molecule has 15 heavy (non-hydrogen) atoms. The summed E-state index contributed by atoms with van der Waals surface area (Å²) < 4.78 is 6.43. The molecule has 0 saturated carbocycles. The molecule has 0 bridgehead atoms. The van der Waals surface area contributed by atoms with E-state index in [2.05, 4.69) is 11.0 Å². The summed E-state index contributed by atoms with van der Waals surface area (Å²) in [7, 11) is 3.12. The van der Waals surface area contributed by atoms with E-state index in [0.29, 0.717) is 11.4 Å². The van der Waals surface area contributed by atoms with Gasteiger partial charge >= 0.3 is 0 Å². The number of carbonyl (C=O) groups excluding carboxylic acids is 1. The van der Waals surface area contributed by atoms with E-state index in [4.69, 9.17) is 16.9 Å². The Balaban J connectivity index is 3.00. The molecule has 1 aromatic rings. The summed E-state index contributed by atoms with van der Waals surface area (Å²) in [5.74, 6) is 2.50. The van der Waals surface area contributed by atoms with Crippen LogP contribution in [0.25, 0.3) is 0 Å². The van der Waals surface area contributed by atoms with Crippen LogP contribution in [0.3, 0.4) is 0 Å². The van der Waals surface area contributed by atoms with Crippen molar-refractivity contribution in [2.24, 2.45) is 12.8 Å². The lowest BCUT2D eigenvalue weighted by molar-refractivity contribution is 0.0950. The highest BCUT2D eigenvalue weighted by Crippen LogP contribution is 2.18. The molecule has 1 atom stereocenters. The van der Waals surface area contributed by atoms with Crippen LogP contribution in [0.1, 0.15) is 16.9 Å². The molecule has 1 heterocycles. The van der Waals surface area contributed by atoms with Gasteiger partial charge in [-0.2, -0.15) is 5.10 Å². The van der Waals surface area contributed by atoms with Crippen molar-refractivity contribution >= 4 is 5.78 Å². The third kappa shape index (κ3) is 2.17. The third-order valence-electron chi connectivity index (χ3n) is 2.03. The second kappa shape index (κ2) is 4.62. The van der Waals surface area contributed by atoms with Gasteiger partial charge in [0.15, 0.2) is 5.75 Å². The predicted octanol–water partition coefficient (Wildman–Crippen LogP) is -0.0380. The molecule has 0 spiro atoms. The van der Waals surface area contributed by atoms with Gasteiger partial charge in [-0.3, -0.25) is 9.48 Å². The number of ether oxygens (including phenoxy) is 1. The molecular weight excluding hydrogens is 194 g/mol. The Morgan fingerprint density at radius 2 is 2.53 bits per heavy atom. The Hall–Kier alpha value is -1.80. The number of terminal acetylenes is 1. The highest BCUT2D eigenvalue weighted by atomic mass is 16.5. The molecule has 0 aliphatic rings. The molecule has 1 aromatic heterocycles. The van der Waals surface area contributed by atoms with Gasteiger partial charge in [-0.05, 0) is 0 Å². The lowest BCUT2D eigenvalue weighted by atomic mass is 10.1. The number of Topliss-reactive ketones (excluding diaryl/α,β-unsaturated/α-hetero) is 1. The van der Waals surface area contributed by atoms with Crippen LogP contribution < -0.4 is 10.5 Å². The number of nitrogens with two attached hydrogens (primary N) is 1. The smallest absolute Gasteiger partial charge is 0.202 e. The zero-order valence-corrected chi connectivity index (χ0v) is 8.73. The molecule has 0 aromatic carbocycles. The maximum atomic E-state index is 11.8. The van der Waals surface area contributed by atoms with Crippen molar-refractivity contribution in [3.8, 4) is 18.1 Å². The predicted molar refractivity (Wildman–Crippen MR) is 55.5 cm³/mol. The van der Waals surface area contributed by atoms with Crippen LogP contribution in [0.15, 0.2) is 6.20 Å². The maximum Gasteiger partial charge on any atom is 0.202 e. The van der Waals surface area contributed by atoms with Gasteiger partial charge in [0.1, 0.15) is 5.69 Å². The molecule has 80 valence electrons. The third-order valence-corrected chi connectivity index (χ3v) is 2.03. The number of nitrogens with zero attached hydrogens (tertiary/aromatic N) is 2. The first-order valence-corrected chi connectivity index (χ1v) is 4.41. The molecule has 0 saturated heterocycles. The first-order chi connectivity index (χ1) is 7.11. The minimum absolute atomic E-state index is 0.202. The summed E-state index contributed by atoms with van der Waals surface area (Å²) in [6.07, 6.45) is 6.76. The van der Waals surface area contributed by atoms with Crippen molar-refractivity contribution in [1.82, 2.24) is 9.78 Å². The Morgan fingerprint density at radius 3 is 3.07 bits per heavy atom. The highest BCUT2D eigenvalue weighted by Gasteiger charge is 2.22. The van der Waals surface area contributed by atoms with E-state index in [1.165, 1.54) is 18.0 Å². The van der Waals surface area contributed by atoms with Crippen LogP contribution in [0.2, 0.25) is 0 Å². The molecule has 0 amide bonds. The van der Waals surface area contributed by atoms with Crippen LogP contribution in [0, 0.1) is 12.3 Å². The maximum absolute atomic E-state index is 11.8. The van der Waals surface area contributed by atoms with Crippen molar-refractivity contribution in [3.05, 3.63) is 11.9 Å². The van der Waals surface area contributed by atoms with E-state index in [0.717, 1.165) is 0 Å². The first kappa shape index (κ1) is 11.3. The summed E-state index contributed by atoms with van der Waals surface area (Å²) in [4.78, 5) is 11.8. The topological polar surface area (TPSA) is 70.1 Å². The zero-order chi connectivity index (χ0) is 11.4. The number of hydrogen-bond acceptors (Lipinski definition) is 4. The second-order valence-corrected chi connectivity index (χ2v) is 3.06. The number of aromatic nitrogens is 2. The van der Waals surface area contributed by atoms with Crippen LogP contribution in [0.5, 0.6) is 5.75 Å². The van der Waals surface area contributed by atoms with Crippen LogP contribution in [0.4, 0.5) is 0 Å². The summed E-state index contributed by atoms with van der Waals surface area (Å²) >= 11 is 0. The van der Waals surface area contributed by atoms with Crippen molar-refractivity contribution in [1.29, 1.82) is 0 Å². The highest BCUT2D eigenvalue weighted by molar-refractivity contribution is 6.00. The summed E-state index contributed by atoms with van der Waals surface area (Å²) in [5.41, 5.74) is 5.97. The number of methoxy groups -OCH3 is 1. The van der Waals surface area contributed by atoms with Crippen molar-refractivity contribution in [3.63, 3.8) is 0 Å². The SMILES string of the molecule is C#CCC(N)C(=O)c1c(OC)cnn1C. The van der Waals surface area contributed by atoms with E-state index >= 15 is 0 Å². The van der Waals surface area contributed by atoms with E-state index in [-0.39, 0.29) is 12.2 Å². The van der Waals surface area contributed by atoms with E-state index in [9.17, 15) is 4.79 Å². The standard InChI is InChI=1S/C10H13N3O2/c1-4-5-7(11)10(14)9-8(15-3)6-12-13(9)2/h1,6-7H,5,11H2,2-3H3. The van der Waals surface area contributed by atoms with Crippen molar-refractivity contribution in [2.75, 3.05) is 7.11 Å². The van der Waals surface area contributed by atoms with E-state index in [1.54, 1.807) is 7.05 Å². The Bertz CT molecular complexity index is 403. The van der Waals surface area contributed by atoms with Crippen LogP contribution in [-0.4, -0.2) is 28.7 Å². The lowest BCUT2D eigenvalue weighted by Crippen LogP contribution is -2.31. The fraction of sp³-hybridized carbons (Fsp3) is 0.400. The number of carbonyl (C=O) groups is 1. The van der Waals surface area contributed by atoms with Crippen LogP contribution in [-0.2, 0) is 7.05 Å². The lowest BCUT2D eigenvalue weighted by Gasteiger charge is -2.08. The van der Waals surface area contributed by atoms with Gasteiger partial charge < -0.3 is 10.5 Å². The number of aryl methyl sites for hydroxylation is 1. The van der Waals surface area contributed by atoms with Gasteiger partial charge in [-0.1, -0.05) is 0 Å². The largest absolute Gasteiger partial charge is 0.493 e. The van der Waals surface area contributed by atoms with Gasteiger partial charge in [-0.25, -0.2) is 0 Å². The number of hydrogen-bond donors (Lipinski definition) is 1. The average Bonchev–Trinajstić information content (AvgIpc) is 2.58. The first-order valence-electron chi connectivity index (χ1n) is 4.41. The summed E-state index contributed by atoms with van der Waals surface area (Å²) in [5, 5.41) is 3.91. The summed E-state index contributed by atoms with van der Waals surface area (Å²) in [6.45, 7) is 0. The molecule has 0 aliphatic heterocycles. The molecular formula is C10H13N3O2. The minimum Gasteiger partial charge on any atom is -0.493 e. The Morgan fingerprint density at radius 1 is 1.87 bits per heavy atom. The van der Waals surface area contributed by atoms with Crippen molar-refractivity contribution in [2.45, 2.75) is 12.5 Å². The van der Waals surface area contributed by atoms with Crippen LogP contribution >= 0.6 is 0 Å². The minimum atomic E-state index is -0.709. The summed E-state index contributed by atoms with van der Waals surface area (Å²) in [6, 6.07) is -0.709. The molecule has 0 aliphatic carbocycles. The number of ketones is 1. The molecule has 1 unspecified atom stereocenters. The molecule has 0 fully saturated rings. The fourth-order valence-electron chi connectivity index (χ4n) is 1.24. The molecule has 5 nitrogen and oxygen atoms in total. The van der Waals surface area contributed by atoms with Gasteiger partial charge in [-0.15, -0.1) is 12.3 Å². The molecule has 1 rings (SSSR count). The Labute approximate surface area is 88.2 Å². The van der Waals surface area contributed by atoms with Crippen molar-refractivity contribution < 1.29 is 9.53 Å². The van der Waals surface area contributed by atoms with E-state index < -0.39 is 6.04 Å². The van der Waals surface area contributed by atoms with Gasteiger partial charge in [0.25, 0.3) is 0 Å². The number of rotatable bonds is 4. The van der Waals surface area contributed by atoms with Gasteiger partial charge in [0.2, 0.25) is 5.78 Å². The monoisotopic (exact) mass is 207 g/mol. The second-order valence-electron chi connectivity index (χ2n) is 3.06. The molecule has 2 N–H and O–H groups in total. The van der Waals surface area contributed by atoms with Gasteiger partial charge in [0, 0.05) is 13.5 Å².